The van der Waals surface area contributed by atoms with Gasteiger partial charge >= 0.3 is 0 Å². The number of aromatic nitrogens is 2. The highest BCUT2D eigenvalue weighted by Crippen LogP contribution is 2.35. The van der Waals surface area contributed by atoms with Gasteiger partial charge in [0.1, 0.15) is 9.71 Å². The number of thiazole rings is 1. The summed E-state index contributed by atoms with van der Waals surface area (Å²) in [6.45, 7) is 5.86. The quantitative estimate of drug-likeness (QED) is 0.757. The number of amides is 1. The van der Waals surface area contributed by atoms with E-state index in [4.69, 9.17) is 5.73 Å². The molecule has 0 saturated carbocycles. The Morgan fingerprint density at radius 1 is 1.29 bits per heavy atom. The zero-order valence-electron chi connectivity index (χ0n) is 11.9. The molecule has 1 amide bonds. The van der Waals surface area contributed by atoms with Crippen molar-refractivity contribution in [3.8, 4) is 0 Å². The molecule has 0 aliphatic carbocycles. The number of rotatable bonds is 2. The molecule has 0 radical (unpaired) electrons. The molecule has 0 spiro atoms. The fourth-order valence-corrected chi connectivity index (χ4v) is 3.90. The van der Waals surface area contributed by atoms with Crippen LogP contribution in [0.4, 0.5) is 10.8 Å². The molecule has 3 rings (SSSR count). The highest BCUT2D eigenvalue weighted by atomic mass is 32.1. The highest BCUT2D eigenvalue weighted by Gasteiger charge is 2.19. The number of hydrogen-bond acceptors (Lipinski definition) is 6. The van der Waals surface area contributed by atoms with Crippen molar-refractivity contribution in [2.24, 2.45) is 0 Å². The fraction of sp³-hybridized carbons (Fsp3) is 0.214. The topological polar surface area (TPSA) is 80.9 Å². The molecule has 3 aromatic rings. The molecule has 3 aromatic heterocycles. The molecular weight excluding hydrogens is 304 g/mol. The summed E-state index contributed by atoms with van der Waals surface area (Å²) in [5, 5.41) is 4.27. The number of aryl methyl sites for hydroxylation is 3. The van der Waals surface area contributed by atoms with Crippen LogP contribution in [-0.4, -0.2) is 15.9 Å². The third kappa shape index (κ3) is 2.38. The monoisotopic (exact) mass is 318 g/mol. The van der Waals surface area contributed by atoms with Gasteiger partial charge in [0.2, 0.25) is 0 Å². The maximum absolute atomic E-state index is 12.4. The normalized spacial score (nSPS) is 11.0. The van der Waals surface area contributed by atoms with Crippen molar-refractivity contribution < 1.29 is 4.79 Å². The Balaban J connectivity index is 1.98. The van der Waals surface area contributed by atoms with Gasteiger partial charge in [-0.25, -0.2) is 9.97 Å². The second kappa shape index (κ2) is 5.09. The first-order valence-corrected chi connectivity index (χ1v) is 7.99. The van der Waals surface area contributed by atoms with Crippen LogP contribution in [0.5, 0.6) is 0 Å². The van der Waals surface area contributed by atoms with Gasteiger partial charge < -0.3 is 5.73 Å². The number of thiophene rings is 1. The van der Waals surface area contributed by atoms with Crippen LogP contribution in [0.3, 0.4) is 0 Å². The molecule has 0 aliphatic rings. The molecule has 108 valence electrons. The van der Waals surface area contributed by atoms with Crippen molar-refractivity contribution in [2.75, 3.05) is 11.1 Å². The third-order valence-corrected chi connectivity index (χ3v) is 5.39. The van der Waals surface area contributed by atoms with E-state index in [1.54, 1.807) is 6.20 Å². The zero-order chi connectivity index (χ0) is 15.1. The lowest BCUT2D eigenvalue weighted by atomic mass is 10.2. The molecule has 0 unspecified atom stereocenters. The molecular formula is C14H14N4OS2. The summed E-state index contributed by atoms with van der Waals surface area (Å²) in [5.41, 5.74) is 8.56. The Hall–Kier alpha value is -1.99. The van der Waals surface area contributed by atoms with Gasteiger partial charge in [0.15, 0.2) is 5.13 Å². The molecule has 7 heteroatoms. The van der Waals surface area contributed by atoms with E-state index in [1.807, 2.05) is 26.8 Å². The molecule has 0 bridgehead atoms. The first kappa shape index (κ1) is 14.0. The molecule has 21 heavy (non-hydrogen) atoms. The Bertz CT molecular complexity index is 831. The van der Waals surface area contributed by atoms with Crippen LogP contribution < -0.4 is 11.1 Å². The predicted octanol–water partition coefficient (Wildman–Crippen LogP) is 3.51. The molecule has 3 heterocycles. The Morgan fingerprint density at radius 2 is 2.05 bits per heavy atom. The average molecular weight is 318 g/mol. The number of carbonyl (C=O) groups is 1. The number of anilines is 2. The first-order valence-electron chi connectivity index (χ1n) is 6.36. The van der Waals surface area contributed by atoms with Crippen LogP contribution >= 0.6 is 22.7 Å². The minimum absolute atomic E-state index is 0.233. The summed E-state index contributed by atoms with van der Waals surface area (Å²) in [6.07, 6.45) is 1.73. The van der Waals surface area contributed by atoms with Gasteiger partial charge in [0.25, 0.3) is 5.91 Å². The number of pyridine rings is 1. The Morgan fingerprint density at radius 3 is 2.67 bits per heavy atom. The zero-order valence-corrected chi connectivity index (χ0v) is 13.5. The van der Waals surface area contributed by atoms with E-state index in [2.05, 4.69) is 15.3 Å². The summed E-state index contributed by atoms with van der Waals surface area (Å²) in [4.78, 5) is 23.3. The summed E-state index contributed by atoms with van der Waals surface area (Å²) < 4.78 is 0. The lowest BCUT2D eigenvalue weighted by Crippen LogP contribution is -2.11. The maximum Gasteiger partial charge on any atom is 0.269 e. The second-order valence-electron chi connectivity index (χ2n) is 4.77. The van der Waals surface area contributed by atoms with E-state index in [1.165, 1.54) is 22.7 Å². The van der Waals surface area contributed by atoms with E-state index in [-0.39, 0.29) is 5.91 Å². The first-order chi connectivity index (χ1) is 9.97. The van der Waals surface area contributed by atoms with E-state index in [0.717, 1.165) is 26.4 Å². The van der Waals surface area contributed by atoms with Crippen molar-refractivity contribution in [1.29, 1.82) is 0 Å². The number of carbonyl (C=O) groups excluding carboxylic acids is 1. The second-order valence-corrected chi connectivity index (χ2v) is 6.97. The lowest BCUT2D eigenvalue weighted by molar-refractivity contribution is 0.103. The summed E-state index contributed by atoms with van der Waals surface area (Å²) >= 11 is 2.76. The van der Waals surface area contributed by atoms with Crippen LogP contribution in [0.2, 0.25) is 0 Å². The predicted molar refractivity (Wildman–Crippen MR) is 88.3 cm³/mol. The van der Waals surface area contributed by atoms with Gasteiger partial charge in [-0.15, -0.1) is 22.7 Å². The number of hydrogen-bond donors (Lipinski definition) is 2. The number of nitrogens with one attached hydrogen (secondary N) is 1. The number of nitrogens with zero attached hydrogens (tertiary/aromatic N) is 2. The van der Waals surface area contributed by atoms with Gasteiger partial charge in [-0.05, 0) is 32.4 Å². The smallest absolute Gasteiger partial charge is 0.269 e. The maximum atomic E-state index is 12.4. The Kier molecular flexibility index (Phi) is 3.38. The molecule has 0 fully saturated rings. The van der Waals surface area contributed by atoms with Gasteiger partial charge in [-0.1, -0.05) is 0 Å². The molecule has 5 nitrogen and oxygen atoms in total. The van der Waals surface area contributed by atoms with E-state index >= 15 is 0 Å². The molecule has 0 aliphatic heterocycles. The molecule has 0 aromatic carbocycles. The fourth-order valence-electron chi connectivity index (χ4n) is 2.05. The number of nitrogens with two attached hydrogens (primary N) is 1. The van der Waals surface area contributed by atoms with Gasteiger partial charge in [-0.2, -0.15) is 0 Å². The van der Waals surface area contributed by atoms with Crippen LogP contribution in [0.1, 0.15) is 25.8 Å². The highest BCUT2D eigenvalue weighted by molar-refractivity contribution is 7.21. The third-order valence-electron chi connectivity index (χ3n) is 3.29. The number of nitrogen functional groups attached to an aromatic ring is 1. The average Bonchev–Trinajstić information content (AvgIpc) is 2.92. The van der Waals surface area contributed by atoms with Crippen LogP contribution in [-0.2, 0) is 0 Å². The minimum Gasteiger partial charge on any atom is -0.397 e. The summed E-state index contributed by atoms with van der Waals surface area (Å²) in [7, 11) is 0. The van der Waals surface area contributed by atoms with Crippen LogP contribution in [0.15, 0.2) is 12.3 Å². The van der Waals surface area contributed by atoms with E-state index in [9.17, 15) is 4.79 Å². The lowest BCUT2D eigenvalue weighted by Gasteiger charge is -2.00. The van der Waals surface area contributed by atoms with Crippen molar-refractivity contribution in [3.05, 3.63) is 33.3 Å². The SMILES string of the molecule is Cc1nc(NC(=O)c2sc3nccc(C)c3c2N)sc1C. The molecule has 0 atom stereocenters. The van der Waals surface area contributed by atoms with Crippen molar-refractivity contribution in [2.45, 2.75) is 20.8 Å². The Labute approximate surface area is 129 Å². The van der Waals surface area contributed by atoms with Crippen molar-refractivity contribution in [1.82, 2.24) is 9.97 Å². The van der Waals surface area contributed by atoms with Gasteiger partial charge in [0, 0.05) is 16.5 Å². The largest absolute Gasteiger partial charge is 0.397 e. The number of fused-ring (bicyclic) bond motifs is 1. The standard InChI is InChI=1S/C14H14N4OS2/c1-6-4-5-16-13-9(6)10(15)11(21-13)12(19)18-14-17-7(2)8(3)20-14/h4-5H,15H2,1-3H3,(H,17,18,19). The summed E-state index contributed by atoms with van der Waals surface area (Å²) in [6, 6.07) is 1.89. The van der Waals surface area contributed by atoms with E-state index < -0.39 is 0 Å². The minimum atomic E-state index is -0.233. The van der Waals surface area contributed by atoms with Crippen molar-refractivity contribution >= 4 is 49.6 Å². The molecule has 3 N–H and O–H groups in total. The van der Waals surface area contributed by atoms with Crippen LogP contribution in [0, 0.1) is 20.8 Å². The van der Waals surface area contributed by atoms with Gasteiger partial charge in [-0.3, -0.25) is 10.1 Å². The van der Waals surface area contributed by atoms with Gasteiger partial charge in [0.05, 0.1) is 11.4 Å². The van der Waals surface area contributed by atoms with Crippen LogP contribution in [0.25, 0.3) is 10.2 Å². The van der Waals surface area contributed by atoms with Crippen molar-refractivity contribution in [3.63, 3.8) is 0 Å². The summed E-state index contributed by atoms with van der Waals surface area (Å²) in [5.74, 6) is -0.233. The van der Waals surface area contributed by atoms with E-state index in [0.29, 0.717) is 15.7 Å². The molecule has 0 saturated heterocycles.